The number of nitrogens with one attached hydrogen (secondary N) is 1. The predicted molar refractivity (Wildman–Crippen MR) is 64.8 cm³/mol. The smallest absolute Gasteiger partial charge is 0.213 e. The number of pyridine rings is 1. The second kappa shape index (κ2) is 4.96. The first-order valence-electron chi connectivity index (χ1n) is 5.33. The summed E-state index contributed by atoms with van der Waals surface area (Å²) in [6.07, 6.45) is 0.957. The lowest BCUT2D eigenvalue weighted by Crippen LogP contribution is -2.15. The van der Waals surface area contributed by atoms with Crippen LogP contribution in [0.2, 0.25) is 0 Å². The molecule has 0 radical (unpaired) electrons. The highest BCUT2D eigenvalue weighted by Crippen LogP contribution is 2.18. The second-order valence-electron chi connectivity index (χ2n) is 4.93. The van der Waals surface area contributed by atoms with Crippen LogP contribution < -0.4 is 10.5 Å². The van der Waals surface area contributed by atoms with E-state index in [1.165, 1.54) is 0 Å². The van der Waals surface area contributed by atoms with E-state index in [9.17, 15) is 0 Å². The number of nitrogens with zero attached hydrogens (tertiary/aromatic N) is 1. The summed E-state index contributed by atoms with van der Waals surface area (Å²) in [4.78, 5) is 4.12. The second-order valence-corrected chi connectivity index (χ2v) is 4.93. The first kappa shape index (κ1) is 12.5. The molecular weight excluding hydrogens is 202 g/mol. The molecular formula is C12H19N3O. The molecule has 3 N–H and O–H groups in total. The minimum Gasteiger partial charge on any atom is -0.478 e. The van der Waals surface area contributed by atoms with E-state index in [2.05, 4.69) is 25.8 Å². The minimum absolute atomic E-state index is 0.0405. The van der Waals surface area contributed by atoms with E-state index in [4.69, 9.17) is 15.9 Å². The molecule has 1 aromatic heterocycles. The Labute approximate surface area is 96.3 Å². The molecule has 0 saturated heterocycles. The number of hydrogen-bond acceptors (Lipinski definition) is 3. The maximum Gasteiger partial charge on any atom is 0.213 e. The van der Waals surface area contributed by atoms with Gasteiger partial charge in [0.25, 0.3) is 0 Å². The lowest BCUT2D eigenvalue weighted by molar-refractivity contribution is 0.236. The van der Waals surface area contributed by atoms with Gasteiger partial charge in [-0.15, -0.1) is 0 Å². The monoisotopic (exact) mass is 221 g/mol. The van der Waals surface area contributed by atoms with Crippen LogP contribution in [-0.4, -0.2) is 17.4 Å². The molecule has 0 aliphatic carbocycles. The lowest BCUT2D eigenvalue weighted by atomic mass is 9.93. The summed E-state index contributed by atoms with van der Waals surface area (Å²) in [7, 11) is 0. The fourth-order valence-corrected chi connectivity index (χ4v) is 1.11. The van der Waals surface area contributed by atoms with Gasteiger partial charge in [0.2, 0.25) is 5.88 Å². The summed E-state index contributed by atoms with van der Waals surface area (Å²) in [5.74, 6) is 0.484. The lowest BCUT2D eigenvalue weighted by Gasteiger charge is -2.17. The molecule has 0 unspecified atom stereocenters. The molecule has 0 spiro atoms. The molecule has 4 nitrogen and oxygen atoms in total. The molecule has 88 valence electrons. The average molecular weight is 221 g/mol. The van der Waals surface area contributed by atoms with Gasteiger partial charge in [-0.3, -0.25) is 5.41 Å². The standard InChI is InChI=1S/C12H19N3O/c1-12(2,3)7-8-16-10-6-4-5-9(15-10)11(13)14/h4-6H,7-8H2,1-3H3,(H3,13,14). The highest BCUT2D eigenvalue weighted by atomic mass is 16.5. The third-order valence-electron chi connectivity index (χ3n) is 2.10. The molecule has 0 fully saturated rings. The molecule has 0 atom stereocenters. The first-order chi connectivity index (χ1) is 7.38. The van der Waals surface area contributed by atoms with Gasteiger partial charge in [0.1, 0.15) is 11.5 Å². The van der Waals surface area contributed by atoms with Crippen molar-refractivity contribution >= 4 is 5.84 Å². The van der Waals surface area contributed by atoms with E-state index in [0.717, 1.165) is 6.42 Å². The third-order valence-corrected chi connectivity index (χ3v) is 2.10. The van der Waals surface area contributed by atoms with Crippen LogP contribution in [0.3, 0.4) is 0 Å². The van der Waals surface area contributed by atoms with Gasteiger partial charge in [0.05, 0.1) is 6.61 Å². The molecule has 16 heavy (non-hydrogen) atoms. The number of nitrogens with two attached hydrogens (primary N) is 1. The zero-order valence-electron chi connectivity index (χ0n) is 10.1. The molecule has 1 rings (SSSR count). The van der Waals surface area contributed by atoms with Gasteiger partial charge in [-0.1, -0.05) is 26.8 Å². The Balaban J connectivity index is 2.55. The molecule has 0 aliphatic rings. The van der Waals surface area contributed by atoms with Gasteiger partial charge in [-0.25, -0.2) is 4.98 Å². The van der Waals surface area contributed by atoms with Crippen molar-refractivity contribution in [2.24, 2.45) is 11.1 Å². The van der Waals surface area contributed by atoms with Gasteiger partial charge >= 0.3 is 0 Å². The van der Waals surface area contributed by atoms with Crippen molar-refractivity contribution in [3.05, 3.63) is 23.9 Å². The van der Waals surface area contributed by atoms with Gasteiger partial charge < -0.3 is 10.5 Å². The summed E-state index contributed by atoms with van der Waals surface area (Å²) in [5.41, 5.74) is 6.05. The molecule has 0 amide bonds. The van der Waals surface area contributed by atoms with Crippen LogP contribution >= 0.6 is 0 Å². The number of nitrogen functional groups attached to an aromatic ring is 1. The van der Waals surface area contributed by atoms with Crippen LogP contribution in [0.5, 0.6) is 5.88 Å². The van der Waals surface area contributed by atoms with Crippen molar-refractivity contribution in [2.75, 3.05) is 6.61 Å². The first-order valence-corrected chi connectivity index (χ1v) is 5.33. The SMILES string of the molecule is CC(C)(C)CCOc1cccc(C(=N)N)n1. The zero-order chi connectivity index (χ0) is 12.2. The van der Waals surface area contributed by atoms with Crippen molar-refractivity contribution in [2.45, 2.75) is 27.2 Å². The quantitative estimate of drug-likeness (QED) is 0.604. The molecule has 1 heterocycles. The number of hydrogen-bond donors (Lipinski definition) is 2. The minimum atomic E-state index is -0.0405. The fourth-order valence-electron chi connectivity index (χ4n) is 1.11. The predicted octanol–water partition coefficient (Wildman–Crippen LogP) is 2.18. The Bertz CT molecular complexity index is 369. The molecule has 0 aliphatic heterocycles. The van der Waals surface area contributed by atoms with Crippen LogP contribution in [0.1, 0.15) is 32.9 Å². The van der Waals surface area contributed by atoms with E-state index in [1.807, 2.05) is 0 Å². The summed E-state index contributed by atoms with van der Waals surface area (Å²) < 4.78 is 5.51. The van der Waals surface area contributed by atoms with Crippen molar-refractivity contribution < 1.29 is 4.74 Å². The Morgan fingerprint density at radius 2 is 2.12 bits per heavy atom. The van der Waals surface area contributed by atoms with E-state index in [0.29, 0.717) is 18.2 Å². The number of amidine groups is 1. The molecule has 4 heteroatoms. The number of rotatable bonds is 4. The van der Waals surface area contributed by atoms with Crippen molar-refractivity contribution in [1.29, 1.82) is 5.41 Å². The number of aromatic nitrogens is 1. The zero-order valence-corrected chi connectivity index (χ0v) is 10.1. The average Bonchev–Trinajstić information content (AvgIpc) is 2.16. The van der Waals surface area contributed by atoms with Gasteiger partial charge in [-0.05, 0) is 17.9 Å². The highest BCUT2D eigenvalue weighted by Gasteiger charge is 2.10. The normalized spacial score (nSPS) is 11.2. The van der Waals surface area contributed by atoms with Crippen LogP contribution in [0.25, 0.3) is 0 Å². The van der Waals surface area contributed by atoms with Crippen LogP contribution in [0.4, 0.5) is 0 Å². The Morgan fingerprint density at radius 3 is 2.69 bits per heavy atom. The summed E-state index contributed by atoms with van der Waals surface area (Å²) in [6.45, 7) is 7.11. The van der Waals surface area contributed by atoms with Gasteiger partial charge in [-0.2, -0.15) is 0 Å². The third kappa shape index (κ3) is 4.29. The largest absolute Gasteiger partial charge is 0.478 e. The summed E-state index contributed by atoms with van der Waals surface area (Å²) >= 11 is 0. The van der Waals surface area contributed by atoms with Crippen molar-refractivity contribution in [1.82, 2.24) is 4.98 Å². The van der Waals surface area contributed by atoms with Crippen molar-refractivity contribution in [3.8, 4) is 5.88 Å². The summed E-state index contributed by atoms with van der Waals surface area (Å²) in [6, 6.07) is 5.25. The van der Waals surface area contributed by atoms with E-state index < -0.39 is 0 Å². The molecule has 0 aromatic carbocycles. The maximum atomic E-state index is 7.27. The Kier molecular flexibility index (Phi) is 3.88. The summed E-state index contributed by atoms with van der Waals surface area (Å²) in [5, 5.41) is 7.27. The van der Waals surface area contributed by atoms with E-state index in [1.54, 1.807) is 18.2 Å². The van der Waals surface area contributed by atoms with E-state index >= 15 is 0 Å². The van der Waals surface area contributed by atoms with Gasteiger partial charge in [0, 0.05) is 6.07 Å². The van der Waals surface area contributed by atoms with Crippen LogP contribution in [0, 0.1) is 10.8 Å². The topological polar surface area (TPSA) is 72.0 Å². The van der Waals surface area contributed by atoms with E-state index in [-0.39, 0.29) is 11.3 Å². The maximum absolute atomic E-state index is 7.27. The van der Waals surface area contributed by atoms with Crippen LogP contribution in [-0.2, 0) is 0 Å². The molecule has 0 bridgehead atoms. The Morgan fingerprint density at radius 1 is 1.44 bits per heavy atom. The number of ether oxygens (including phenoxy) is 1. The van der Waals surface area contributed by atoms with Crippen LogP contribution in [0.15, 0.2) is 18.2 Å². The Hall–Kier alpha value is -1.58. The molecule has 0 saturated carbocycles. The fraction of sp³-hybridized carbons (Fsp3) is 0.500. The molecule has 1 aromatic rings. The van der Waals surface area contributed by atoms with Gasteiger partial charge in [0.15, 0.2) is 0 Å². The van der Waals surface area contributed by atoms with Crippen molar-refractivity contribution in [3.63, 3.8) is 0 Å². The highest BCUT2D eigenvalue weighted by molar-refractivity contribution is 5.93.